The van der Waals surface area contributed by atoms with Gasteiger partial charge in [0.05, 0.1) is 5.39 Å². The molecular formula is C17H21N5O2. The fraction of sp³-hybridized carbons (Fsp3) is 0.529. The highest BCUT2D eigenvalue weighted by atomic mass is 16.2. The molecule has 1 atom stereocenters. The van der Waals surface area contributed by atoms with Crippen LogP contribution < -0.4 is 5.56 Å². The average molecular weight is 327 g/mol. The molecule has 2 fully saturated rings. The molecule has 0 spiro atoms. The standard InChI is InChI=1S/C17H21N5O2/c23-16(21-10-9-20-8-4-3-5-13(20)11-21)12-22-17(24)14-6-1-2-7-15(14)18-19-22/h1-2,6-7,13H,3-5,8-12H2/t13-/m0/s1. The number of benzene rings is 1. The number of piperazine rings is 1. The predicted octanol–water partition coefficient (Wildman–Crippen LogP) is 0.488. The van der Waals surface area contributed by atoms with Crippen molar-refractivity contribution in [1.82, 2.24) is 24.8 Å². The lowest BCUT2D eigenvalue weighted by Crippen LogP contribution is -2.56. The Morgan fingerprint density at radius 1 is 1.17 bits per heavy atom. The number of fused-ring (bicyclic) bond motifs is 2. The van der Waals surface area contributed by atoms with Crippen molar-refractivity contribution in [2.24, 2.45) is 0 Å². The van der Waals surface area contributed by atoms with Crippen LogP contribution in [0.2, 0.25) is 0 Å². The Kier molecular flexibility index (Phi) is 4.02. The summed E-state index contributed by atoms with van der Waals surface area (Å²) in [5.41, 5.74) is 0.298. The summed E-state index contributed by atoms with van der Waals surface area (Å²) in [4.78, 5) is 29.4. The largest absolute Gasteiger partial charge is 0.338 e. The predicted molar refractivity (Wildman–Crippen MR) is 89.6 cm³/mol. The van der Waals surface area contributed by atoms with Crippen molar-refractivity contribution < 1.29 is 4.79 Å². The molecular weight excluding hydrogens is 306 g/mol. The lowest BCUT2D eigenvalue weighted by Gasteiger charge is -2.44. The lowest BCUT2D eigenvalue weighted by molar-refractivity contribution is -0.135. The molecule has 0 radical (unpaired) electrons. The maximum atomic E-state index is 12.6. The second kappa shape index (κ2) is 6.32. The molecule has 1 aromatic heterocycles. The normalized spacial score (nSPS) is 21.7. The highest BCUT2D eigenvalue weighted by molar-refractivity contribution is 5.78. The Morgan fingerprint density at radius 2 is 2.04 bits per heavy atom. The molecule has 1 amide bonds. The second-order valence-corrected chi connectivity index (χ2v) is 6.59. The molecule has 0 saturated carbocycles. The first-order chi connectivity index (χ1) is 11.7. The molecule has 2 aromatic rings. The van der Waals surface area contributed by atoms with Gasteiger partial charge in [-0.05, 0) is 31.5 Å². The van der Waals surface area contributed by atoms with E-state index >= 15 is 0 Å². The van der Waals surface area contributed by atoms with Crippen LogP contribution in [-0.2, 0) is 11.3 Å². The Labute approximate surface area is 139 Å². The maximum absolute atomic E-state index is 12.6. The van der Waals surface area contributed by atoms with Crippen LogP contribution in [-0.4, -0.2) is 62.9 Å². The molecule has 2 saturated heterocycles. The minimum atomic E-state index is -0.259. The van der Waals surface area contributed by atoms with Crippen molar-refractivity contribution >= 4 is 16.8 Å². The van der Waals surface area contributed by atoms with Gasteiger partial charge in [-0.2, -0.15) is 0 Å². The van der Waals surface area contributed by atoms with Crippen molar-refractivity contribution in [1.29, 1.82) is 0 Å². The molecule has 7 heteroatoms. The molecule has 1 aromatic carbocycles. The molecule has 4 rings (SSSR count). The van der Waals surface area contributed by atoms with E-state index in [1.165, 1.54) is 17.5 Å². The molecule has 0 unspecified atom stereocenters. The van der Waals surface area contributed by atoms with Gasteiger partial charge >= 0.3 is 0 Å². The van der Waals surface area contributed by atoms with E-state index in [0.717, 1.165) is 32.6 Å². The smallest absolute Gasteiger partial charge is 0.278 e. The van der Waals surface area contributed by atoms with Crippen molar-refractivity contribution in [3.63, 3.8) is 0 Å². The number of piperidine rings is 1. The summed E-state index contributed by atoms with van der Waals surface area (Å²) < 4.78 is 1.18. The average Bonchev–Trinajstić information content (AvgIpc) is 2.64. The summed E-state index contributed by atoms with van der Waals surface area (Å²) in [5, 5.41) is 8.46. The van der Waals surface area contributed by atoms with Crippen molar-refractivity contribution in [3.8, 4) is 0 Å². The zero-order chi connectivity index (χ0) is 16.5. The molecule has 7 nitrogen and oxygen atoms in total. The van der Waals surface area contributed by atoms with Crippen LogP contribution >= 0.6 is 0 Å². The van der Waals surface area contributed by atoms with Gasteiger partial charge in [0.25, 0.3) is 5.56 Å². The van der Waals surface area contributed by atoms with Gasteiger partial charge in [-0.25, -0.2) is 4.68 Å². The number of nitrogens with zero attached hydrogens (tertiary/aromatic N) is 5. The number of hydrogen-bond acceptors (Lipinski definition) is 5. The Morgan fingerprint density at radius 3 is 2.96 bits per heavy atom. The van der Waals surface area contributed by atoms with Crippen molar-refractivity contribution in [2.45, 2.75) is 31.8 Å². The number of amides is 1. The van der Waals surface area contributed by atoms with Crippen molar-refractivity contribution in [3.05, 3.63) is 34.6 Å². The van der Waals surface area contributed by atoms with Gasteiger partial charge < -0.3 is 4.90 Å². The lowest BCUT2D eigenvalue weighted by atomic mass is 9.99. The van der Waals surface area contributed by atoms with E-state index in [2.05, 4.69) is 15.2 Å². The Balaban J connectivity index is 1.50. The van der Waals surface area contributed by atoms with E-state index in [0.29, 0.717) is 16.9 Å². The van der Waals surface area contributed by atoms with E-state index in [4.69, 9.17) is 0 Å². The summed E-state index contributed by atoms with van der Waals surface area (Å²) >= 11 is 0. The zero-order valence-corrected chi connectivity index (χ0v) is 13.6. The quantitative estimate of drug-likeness (QED) is 0.803. The van der Waals surface area contributed by atoms with E-state index in [1.54, 1.807) is 18.2 Å². The van der Waals surface area contributed by atoms with E-state index in [9.17, 15) is 9.59 Å². The highest BCUT2D eigenvalue weighted by Gasteiger charge is 2.31. The van der Waals surface area contributed by atoms with E-state index in [1.807, 2.05) is 11.0 Å². The number of rotatable bonds is 2. The first-order valence-electron chi connectivity index (χ1n) is 8.57. The minimum Gasteiger partial charge on any atom is -0.338 e. The molecule has 0 bridgehead atoms. The molecule has 0 N–H and O–H groups in total. The Hall–Kier alpha value is -2.28. The third-order valence-electron chi connectivity index (χ3n) is 5.10. The summed E-state index contributed by atoms with van der Waals surface area (Å²) in [6.07, 6.45) is 3.64. The molecule has 126 valence electrons. The number of carbonyl (C=O) groups excluding carboxylic acids is 1. The van der Waals surface area contributed by atoms with Gasteiger partial charge in [0.1, 0.15) is 12.1 Å². The fourth-order valence-corrected chi connectivity index (χ4v) is 3.74. The number of hydrogen-bond donors (Lipinski definition) is 0. The maximum Gasteiger partial charge on any atom is 0.278 e. The van der Waals surface area contributed by atoms with Gasteiger partial charge in [-0.1, -0.05) is 23.8 Å². The monoisotopic (exact) mass is 327 g/mol. The van der Waals surface area contributed by atoms with Gasteiger partial charge in [0.15, 0.2) is 0 Å². The Bertz CT molecular complexity index is 818. The molecule has 2 aliphatic rings. The van der Waals surface area contributed by atoms with Crippen LogP contribution in [0.15, 0.2) is 29.1 Å². The van der Waals surface area contributed by atoms with E-state index < -0.39 is 0 Å². The first-order valence-corrected chi connectivity index (χ1v) is 8.57. The minimum absolute atomic E-state index is 0.0383. The number of carbonyl (C=O) groups is 1. The number of aromatic nitrogens is 3. The first kappa shape index (κ1) is 15.3. The second-order valence-electron chi connectivity index (χ2n) is 6.59. The summed E-state index contributed by atoms with van der Waals surface area (Å²) in [6.45, 7) is 3.51. The SMILES string of the molecule is O=C(Cn1nnc2ccccc2c1=O)N1CCN2CCCC[C@H]2C1. The highest BCUT2D eigenvalue weighted by Crippen LogP contribution is 2.21. The molecule has 3 heterocycles. The molecule has 0 aliphatic carbocycles. The van der Waals surface area contributed by atoms with Crippen LogP contribution in [0.25, 0.3) is 10.9 Å². The van der Waals surface area contributed by atoms with Crippen LogP contribution in [0.3, 0.4) is 0 Å². The van der Waals surface area contributed by atoms with Gasteiger partial charge in [0.2, 0.25) is 5.91 Å². The summed E-state index contributed by atoms with van der Waals surface area (Å²) in [7, 11) is 0. The van der Waals surface area contributed by atoms with Crippen LogP contribution in [0, 0.1) is 0 Å². The third-order valence-corrected chi connectivity index (χ3v) is 5.10. The molecule has 24 heavy (non-hydrogen) atoms. The van der Waals surface area contributed by atoms with Gasteiger partial charge in [0, 0.05) is 25.7 Å². The summed E-state index contributed by atoms with van der Waals surface area (Å²) in [5.74, 6) is -0.0492. The summed E-state index contributed by atoms with van der Waals surface area (Å²) in [6, 6.07) is 7.54. The van der Waals surface area contributed by atoms with Crippen LogP contribution in [0.5, 0.6) is 0 Å². The van der Waals surface area contributed by atoms with E-state index in [-0.39, 0.29) is 18.0 Å². The van der Waals surface area contributed by atoms with Crippen LogP contribution in [0.4, 0.5) is 0 Å². The molecule has 2 aliphatic heterocycles. The van der Waals surface area contributed by atoms with Crippen LogP contribution in [0.1, 0.15) is 19.3 Å². The zero-order valence-electron chi connectivity index (χ0n) is 13.6. The van der Waals surface area contributed by atoms with Gasteiger partial charge in [-0.3, -0.25) is 14.5 Å². The fourth-order valence-electron chi connectivity index (χ4n) is 3.74. The topological polar surface area (TPSA) is 71.3 Å². The van der Waals surface area contributed by atoms with Gasteiger partial charge in [-0.15, -0.1) is 5.10 Å². The third kappa shape index (κ3) is 2.80. The van der Waals surface area contributed by atoms with Crippen molar-refractivity contribution in [2.75, 3.05) is 26.2 Å².